The molecule has 4 rings (SSSR count). The number of hydrogen-bond donors (Lipinski definition) is 1. The maximum absolute atomic E-state index is 13.4. The number of piperazine rings is 1. The van der Waals surface area contributed by atoms with Gasteiger partial charge in [0, 0.05) is 51.5 Å². The SMILES string of the molecule is Cl.Cn1ccnc1C1CNCCN1C(=O)c1nc(S(C)(=O)=O)n2ccccc12. The number of hydrogen-bond acceptors (Lipinski definition) is 6. The summed E-state index contributed by atoms with van der Waals surface area (Å²) < 4.78 is 27.6. The summed E-state index contributed by atoms with van der Waals surface area (Å²) in [7, 11) is -1.70. The van der Waals surface area contributed by atoms with Crippen LogP contribution in [-0.2, 0) is 16.9 Å². The number of sulfone groups is 1. The third-order valence-electron chi connectivity index (χ3n) is 4.71. The molecule has 9 nitrogen and oxygen atoms in total. The van der Waals surface area contributed by atoms with Crippen molar-refractivity contribution >= 4 is 33.7 Å². The van der Waals surface area contributed by atoms with Gasteiger partial charge in [-0.3, -0.25) is 9.20 Å². The molecule has 28 heavy (non-hydrogen) atoms. The number of halogens is 1. The van der Waals surface area contributed by atoms with Gasteiger partial charge in [0.2, 0.25) is 15.0 Å². The summed E-state index contributed by atoms with van der Waals surface area (Å²) in [6.45, 7) is 1.70. The van der Waals surface area contributed by atoms with E-state index in [-0.39, 0.29) is 35.2 Å². The number of fused-ring (bicyclic) bond motifs is 1. The number of imidazole rings is 2. The van der Waals surface area contributed by atoms with E-state index in [1.807, 2.05) is 17.8 Å². The predicted molar refractivity (Wildman–Crippen MR) is 105 cm³/mol. The Labute approximate surface area is 168 Å². The molecule has 3 aromatic heterocycles. The molecule has 1 amide bonds. The zero-order valence-corrected chi connectivity index (χ0v) is 17.1. The summed E-state index contributed by atoms with van der Waals surface area (Å²) in [5.41, 5.74) is 0.609. The Hall–Kier alpha value is -2.43. The average molecular weight is 425 g/mol. The molecule has 0 saturated carbocycles. The predicted octanol–water partition coefficient (Wildman–Crippen LogP) is 0.680. The lowest BCUT2D eigenvalue weighted by molar-refractivity contribution is 0.0617. The van der Waals surface area contributed by atoms with Crippen LogP contribution in [-0.4, -0.2) is 64.1 Å². The Morgan fingerprint density at radius 1 is 1.29 bits per heavy atom. The Morgan fingerprint density at radius 3 is 2.75 bits per heavy atom. The molecule has 3 aromatic rings. The Balaban J connectivity index is 0.00000225. The van der Waals surface area contributed by atoms with E-state index in [0.717, 1.165) is 12.1 Å². The molecule has 150 valence electrons. The quantitative estimate of drug-likeness (QED) is 0.663. The molecule has 1 unspecified atom stereocenters. The molecule has 1 N–H and O–H groups in total. The van der Waals surface area contributed by atoms with Crippen LogP contribution in [0.2, 0.25) is 0 Å². The van der Waals surface area contributed by atoms with Crippen LogP contribution in [0, 0.1) is 0 Å². The molecular formula is C17H21ClN6O3S. The second kappa shape index (κ2) is 7.53. The topological polar surface area (TPSA) is 102 Å². The fourth-order valence-electron chi connectivity index (χ4n) is 3.44. The van der Waals surface area contributed by atoms with Gasteiger partial charge in [-0.1, -0.05) is 6.07 Å². The van der Waals surface area contributed by atoms with Crippen molar-refractivity contribution in [3.63, 3.8) is 0 Å². The first-order chi connectivity index (χ1) is 12.9. The molecule has 1 aliphatic rings. The summed E-state index contributed by atoms with van der Waals surface area (Å²) in [6.07, 6.45) is 6.22. The highest BCUT2D eigenvalue weighted by Crippen LogP contribution is 2.25. The van der Waals surface area contributed by atoms with Crippen LogP contribution in [0.25, 0.3) is 5.52 Å². The Morgan fingerprint density at radius 2 is 2.07 bits per heavy atom. The van der Waals surface area contributed by atoms with Gasteiger partial charge in [0.15, 0.2) is 5.69 Å². The maximum atomic E-state index is 13.4. The lowest BCUT2D eigenvalue weighted by Crippen LogP contribution is -2.49. The number of nitrogens with zero attached hydrogens (tertiary/aromatic N) is 5. The van der Waals surface area contributed by atoms with E-state index in [4.69, 9.17) is 0 Å². The molecule has 0 spiro atoms. The molecule has 1 atom stereocenters. The van der Waals surface area contributed by atoms with Gasteiger partial charge in [0.1, 0.15) is 11.9 Å². The number of amides is 1. The normalized spacial score (nSPS) is 17.5. The highest BCUT2D eigenvalue weighted by molar-refractivity contribution is 7.90. The van der Waals surface area contributed by atoms with E-state index in [2.05, 4.69) is 15.3 Å². The molecule has 11 heteroatoms. The summed E-state index contributed by atoms with van der Waals surface area (Å²) in [5, 5.41) is 3.15. The number of nitrogens with one attached hydrogen (secondary N) is 1. The summed E-state index contributed by atoms with van der Waals surface area (Å²) in [6, 6.07) is 4.91. The van der Waals surface area contributed by atoms with Crippen LogP contribution in [0.5, 0.6) is 0 Å². The van der Waals surface area contributed by atoms with E-state index in [0.29, 0.717) is 25.2 Å². The zero-order valence-electron chi connectivity index (χ0n) is 15.4. The van der Waals surface area contributed by atoms with Crippen LogP contribution in [0.3, 0.4) is 0 Å². The number of rotatable bonds is 3. The number of carbonyl (C=O) groups is 1. The molecule has 0 radical (unpaired) electrons. The number of carbonyl (C=O) groups excluding carboxylic acids is 1. The number of aryl methyl sites for hydroxylation is 1. The van der Waals surface area contributed by atoms with Crippen molar-refractivity contribution in [3.8, 4) is 0 Å². The monoisotopic (exact) mass is 424 g/mol. The van der Waals surface area contributed by atoms with Crippen LogP contribution in [0.15, 0.2) is 41.9 Å². The molecule has 0 bridgehead atoms. The fraction of sp³-hybridized carbons (Fsp3) is 0.353. The second-order valence-corrected chi connectivity index (χ2v) is 8.50. The smallest absolute Gasteiger partial charge is 0.275 e. The highest BCUT2D eigenvalue weighted by atomic mass is 35.5. The first-order valence-electron chi connectivity index (χ1n) is 8.54. The minimum Gasteiger partial charge on any atom is -0.336 e. The first kappa shape index (κ1) is 20.3. The van der Waals surface area contributed by atoms with Gasteiger partial charge in [-0.25, -0.2) is 18.4 Å². The van der Waals surface area contributed by atoms with Crippen molar-refractivity contribution in [2.75, 3.05) is 25.9 Å². The second-order valence-electron chi connectivity index (χ2n) is 6.59. The summed E-state index contributed by atoms with van der Waals surface area (Å²) in [4.78, 5) is 23.7. The lowest BCUT2D eigenvalue weighted by Gasteiger charge is -2.35. The van der Waals surface area contributed by atoms with Crippen molar-refractivity contribution < 1.29 is 13.2 Å². The third-order valence-corrected chi connectivity index (χ3v) is 5.66. The standard InChI is InChI=1S/C17H20N6O3S.ClH/c1-21-9-7-19-15(21)13-11-18-6-10-22(13)16(24)14-12-5-3-4-8-23(12)17(20-14)27(2,25)26;/h3-5,7-9,13,18H,6,10-11H2,1-2H3;1H. The highest BCUT2D eigenvalue weighted by Gasteiger charge is 2.34. The molecule has 1 fully saturated rings. The van der Waals surface area contributed by atoms with Gasteiger partial charge < -0.3 is 14.8 Å². The van der Waals surface area contributed by atoms with Crippen molar-refractivity contribution in [1.29, 1.82) is 0 Å². The van der Waals surface area contributed by atoms with Gasteiger partial charge in [-0.05, 0) is 12.1 Å². The average Bonchev–Trinajstić information content (AvgIpc) is 3.24. The number of aromatic nitrogens is 4. The molecular weight excluding hydrogens is 404 g/mol. The van der Waals surface area contributed by atoms with Gasteiger partial charge in [-0.2, -0.15) is 0 Å². The molecule has 1 saturated heterocycles. The summed E-state index contributed by atoms with van der Waals surface area (Å²) in [5.74, 6) is 0.463. The van der Waals surface area contributed by atoms with Crippen molar-refractivity contribution in [2.24, 2.45) is 7.05 Å². The first-order valence-corrected chi connectivity index (χ1v) is 10.4. The third kappa shape index (κ3) is 3.38. The zero-order chi connectivity index (χ0) is 19.2. The van der Waals surface area contributed by atoms with Gasteiger partial charge >= 0.3 is 0 Å². The van der Waals surface area contributed by atoms with E-state index >= 15 is 0 Å². The van der Waals surface area contributed by atoms with Crippen molar-refractivity contribution in [1.82, 2.24) is 29.2 Å². The Kier molecular flexibility index (Phi) is 5.46. The largest absolute Gasteiger partial charge is 0.336 e. The summed E-state index contributed by atoms with van der Waals surface area (Å²) >= 11 is 0. The van der Waals surface area contributed by atoms with Crippen molar-refractivity contribution in [2.45, 2.75) is 11.2 Å². The van der Waals surface area contributed by atoms with Crippen LogP contribution >= 0.6 is 12.4 Å². The lowest BCUT2D eigenvalue weighted by atomic mass is 10.1. The Bertz CT molecular complexity index is 1120. The van der Waals surface area contributed by atoms with E-state index in [1.165, 1.54) is 4.40 Å². The van der Waals surface area contributed by atoms with E-state index in [1.54, 1.807) is 35.5 Å². The maximum Gasteiger partial charge on any atom is 0.275 e. The minimum absolute atomic E-state index is 0. The van der Waals surface area contributed by atoms with E-state index < -0.39 is 9.84 Å². The molecule has 4 heterocycles. The van der Waals surface area contributed by atoms with Gasteiger partial charge in [-0.15, -0.1) is 12.4 Å². The van der Waals surface area contributed by atoms with Crippen LogP contribution < -0.4 is 5.32 Å². The van der Waals surface area contributed by atoms with E-state index in [9.17, 15) is 13.2 Å². The van der Waals surface area contributed by atoms with Crippen LogP contribution in [0.1, 0.15) is 22.4 Å². The molecule has 0 aliphatic carbocycles. The van der Waals surface area contributed by atoms with Gasteiger partial charge in [0.25, 0.3) is 5.91 Å². The number of pyridine rings is 1. The molecule has 0 aromatic carbocycles. The van der Waals surface area contributed by atoms with Gasteiger partial charge in [0.05, 0.1) is 5.52 Å². The fourth-order valence-corrected chi connectivity index (χ4v) is 4.21. The molecule has 1 aliphatic heterocycles. The van der Waals surface area contributed by atoms with Crippen LogP contribution in [0.4, 0.5) is 0 Å². The minimum atomic E-state index is -3.58. The van der Waals surface area contributed by atoms with Crippen molar-refractivity contribution in [3.05, 3.63) is 48.3 Å².